The number of fused-ring (bicyclic) bond motifs is 7. The summed E-state index contributed by atoms with van der Waals surface area (Å²) in [5.74, 6) is 0. The number of rotatable bonds is 6. The SMILES string of the molecule is CCCC1=Cc2c(c(-c3cccc(C4C=C(C#N)C=CN4)c3)cc3oc4cc(-c5cccc(-c6cc(C#N)ccn6)c5)c5ccccc5c4c23)CC1. The number of nitrogens with zero attached hydrogens (tertiary/aromatic N) is 3. The highest BCUT2D eigenvalue weighted by molar-refractivity contribution is 6.24. The van der Waals surface area contributed by atoms with Crippen LogP contribution in [0.3, 0.4) is 0 Å². The minimum absolute atomic E-state index is 0.0734. The summed E-state index contributed by atoms with van der Waals surface area (Å²) in [5, 5.41) is 27.1. The molecule has 0 fully saturated rings. The number of benzene rings is 5. The van der Waals surface area contributed by atoms with Crippen molar-refractivity contribution in [2.45, 2.75) is 38.6 Å². The van der Waals surface area contributed by atoms with Crippen LogP contribution in [-0.4, -0.2) is 4.98 Å². The summed E-state index contributed by atoms with van der Waals surface area (Å²) in [6.07, 6.45) is 14.0. The van der Waals surface area contributed by atoms with Crippen LogP contribution in [0.5, 0.6) is 0 Å². The Hall–Kier alpha value is -6.69. The topological polar surface area (TPSA) is 85.6 Å². The van der Waals surface area contributed by atoms with E-state index in [9.17, 15) is 10.5 Å². The van der Waals surface area contributed by atoms with Crippen molar-refractivity contribution in [2.75, 3.05) is 0 Å². The number of nitrogens with one attached hydrogen (secondary N) is 1. The molecule has 1 N–H and O–H groups in total. The molecule has 0 bridgehead atoms. The zero-order valence-electron chi connectivity index (χ0n) is 28.8. The van der Waals surface area contributed by atoms with E-state index < -0.39 is 0 Å². The molecule has 2 aromatic heterocycles. The van der Waals surface area contributed by atoms with E-state index in [4.69, 9.17) is 4.42 Å². The van der Waals surface area contributed by atoms with Crippen LogP contribution in [0.2, 0.25) is 0 Å². The fourth-order valence-corrected chi connectivity index (χ4v) is 8.06. The normalized spacial score (nSPS) is 15.1. The number of allylic oxidation sites excluding steroid dienone is 3. The van der Waals surface area contributed by atoms with Crippen LogP contribution in [0.1, 0.15) is 54.5 Å². The first-order valence-electron chi connectivity index (χ1n) is 17.9. The zero-order chi connectivity index (χ0) is 35.2. The van der Waals surface area contributed by atoms with Crippen molar-refractivity contribution in [3.63, 3.8) is 0 Å². The minimum atomic E-state index is -0.0734. The van der Waals surface area contributed by atoms with E-state index in [1.807, 2.05) is 30.5 Å². The second-order valence-corrected chi connectivity index (χ2v) is 13.6. The Balaban J connectivity index is 1.26. The van der Waals surface area contributed by atoms with Gasteiger partial charge in [0, 0.05) is 22.5 Å². The molecule has 5 heteroatoms. The van der Waals surface area contributed by atoms with Gasteiger partial charge in [-0.25, -0.2) is 0 Å². The molecule has 1 aliphatic heterocycles. The maximum absolute atomic E-state index is 9.54. The minimum Gasteiger partial charge on any atom is -0.456 e. The van der Waals surface area contributed by atoms with Gasteiger partial charge in [0.2, 0.25) is 0 Å². The lowest BCUT2D eigenvalue weighted by atomic mass is 9.82. The summed E-state index contributed by atoms with van der Waals surface area (Å²) in [6.45, 7) is 2.25. The quantitative estimate of drug-likeness (QED) is 0.190. The molecule has 0 spiro atoms. The van der Waals surface area contributed by atoms with Gasteiger partial charge in [0.1, 0.15) is 11.2 Å². The Kier molecular flexibility index (Phi) is 7.76. The molecule has 3 heterocycles. The number of dihydropyridines is 1. The van der Waals surface area contributed by atoms with E-state index in [2.05, 4.69) is 114 Å². The molecule has 9 rings (SSSR count). The Labute approximate surface area is 302 Å². The van der Waals surface area contributed by atoms with Gasteiger partial charge in [-0.05, 0) is 124 Å². The number of nitriles is 2. The van der Waals surface area contributed by atoms with E-state index in [1.54, 1.807) is 12.3 Å². The predicted octanol–water partition coefficient (Wildman–Crippen LogP) is 11.7. The van der Waals surface area contributed by atoms with Crippen LogP contribution >= 0.6 is 0 Å². The predicted molar refractivity (Wildman–Crippen MR) is 210 cm³/mol. The van der Waals surface area contributed by atoms with E-state index in [0.29, 0.717) is 11.1 Å². The van der Waals surface area contributed by atoms with Gasteiger partial charge in [0.15, 0.2) is 0 Å². The van der Waals surface area contributed by atoms with E-state index in [-0.39, 0.29) is 6.04 Å². The van der Waals surface area contributed by atoms with Crippen LogP contribution in [0.25, 0.3) is 72.3 Å². The lowest BCUT2D eigenvalue weighted by molar-refractivity contribution is 0.669. The average Bonchev–Trinajstić information content (AvgIpc) is 3.59. The van der Waals surface area contributed by atoms with Crippen molar-refractivity contribution in [1.29, 1.82) is 10.5 Å². The zero-order valence-corrected chi connectivity index (χ0v) is 28.8. The number of hydrogen-bond donors (Lipinski definition) is 1. The number of hydrogen-bond acceptors (Lipinski definition) is 5. The summed E-state index contributed by atoms with van der Waals surface area (Å²) in [4.78, 5) is 4.57. The molecule has 248 valence electrons. The smallest absolute Gasteiger partial charge is 0.136 e. The van der Waals surface area contributed by atoms with E-state index in [0.717, 1.165) is 86.5 Å². The largest absolute Gasteiger partial charge is 0.456 e. The number of furan rings is 1. The van der Waals surface area contributed by atoms with Gasteiger partial charge in [0.25, 0.3) is 0 Å². The summed E-state index contributed by atoms with van der Waals surface area (Å²) >= 11 is 0. The second kappa shape index (κ2) is 12.9. The molecule has 0 saturated heterocycles. The Bertz CT molecular complexity index is 2770. The second-order valence-electron chi connectivity index (χ2n) is 13.6. The Morgan fingerprint density at radius 3 is 2.42 bits per heavy atom. The highest BCUT2D eigenvalue weighted by Gasteiger charge is 2.24. The van der Waals surface area contributed by atoms with Gasteiger partial charge in [-0.3, -0.25) is 4.98 Å². The van der Waals surface area contributed by atoms with Crippen LogP contribution in [0, 0.1) is 22.7 Å². The van der Waals surface area contributed by atoms with Crippen molar-refractivity contribution in [3.05, 3.63) is 155 Å². The summed E-state index contributed by atoms with van der Waals surface area (Å²) in [7, 11) is 0. The average molecular weight is 671 g/mol. The molecule has 2 aliphatic rings. The van der Waals surface area contributed by atoms with Crippen LogP contribution in [0.15, 0.2) is 137 Å². The van der Waals surface area contributed by atoms with E-state index in [1.165, 1.54) is 27.6 Å². The first-order valence-corrected chi connectivity index (χ1v) is 17.9. The van der Waals surface area contributed by atoms with Crippen LogP contribution in [-0.2, 0) is 6.42 Å². The molecule has 1 unspecified atom stereocenters. The van der Waals surface area contributed by atoms with Gasteiger partial charge in [-0.15, -0.1) is 0 Å². The molecule has 1 atom stereocenters. The van der Waals surface area contributed by atoms with Gasteiger partial charge < -0.3 is 9.73 Å². The van der Waals surface area contributed by atoms with Gasteiger partial charge >= 0.3 is 0 Å². The molecule has 0 saturated carbocycles. The van der Waals surface area contributed by atoms with Crippen molar-refractivity contribution in [1.82, 2.24) is 10.3 Å². The number of aromatic nitrogens is 1. The number of pyridine rings is 1. The first-order chi connectivity index (χ1) is 25.6. The standard InChI is InChI=1S/C47H34N4O/c1-2-7-29-14-15-37-40(33-9-6-11-35(24-33)43-22-31(28-49)17-19-51-43)26-45-47(41(37)20-29)46-38-13-4-3-12-36(38)39(25-44(46)52-45)32-8-5-10-34(23-32)42-21-30(27-48)16-18-50-42/h3-6,8-13,16-26,43,51H,2,7,14-15H2,1H3. The van der Waals surface area contributed by atoms with Gasteiger partial charge in [-0.2, -0.15) is 10.5 Å². The molecule has 5 nitrogen and oxygen atoms in total. The molecule has 7 aromatic rings. The third-order valence-corrected chi connectivity index (χ3v) is 10.5. The van der Waals surface area contributed by atoms with Gasteiger partial charge in [-0.1, -0.05) is 85.7 Å². The monoisotopic (exact) mass is 670 g/mol. The highest BCUT2D eigenvalue weighted by atomic mass is 16.3. The molecular formula is C47H34N4O. The third-order valence-electron chi connectivity index (χ3n) is 10.5. The fraction of sp³-hybridized carbons (Fsp3) is 0.128. The first kappa shape index (κ1) is 31.3. The van der Waals surface area contributed by atoms with E-state index >= 15 is 0 Å². The lowest BCUT2D eigenvalue weighted by Crippen LogP contribution is -2.16. The maximum atomic E-state index is 9.54. The molecule has 1 aliphatic carbocycles. The van der Waals surface area contributed by atoms with Crippen LogP contribution in [0.4, 0.5) is 0 Å². The molecule has 0 radical (unpaired) electrons. The Morgan fingerprint density at radius 1 is 0.788 bits per heavy atom. The summed E-state index contributed by atoms with van der Waals surface area (Å²) in [5.41, 5.74) is 14.4. The maximum Gasteiger partial charge on any atom is 0.136 e. The third kappa shape index (κ3) is 5.36. The van der Waals surface area contributed by atoms with Gasteiger partial charge in [0.05, 0.1) is 35.0 Å². The van der Waals surface area contributed by atoms with Crippen molar-refractivity contribution in [2.24, 2.45) is 0 Å². The molecule has 0 amide bonds. The van der Waals surface area contributed by atoms with Crippen molar-refractivity contribution < 1.29 is 4.42 Å². The van der Waals surface area contributed by atoms with Crippen LogP contribution < -0.4 is 5.32 Å². The lowest BCUT2D eigenvalue weighted by Gasteiger charge is -2.22. The van der Waals surface area contributed by atoms with Crippen molar-refractivity contribution in [3.8, 4) is 45.6 Å². The Morgan fingerprint density at radius 2 is 1.58 bits per heavy atom. The molecular weight excluding hydrogens is 637 g/mol. The fourth-order valence-electron chi connectivity index (χ4n) is 8.06. The molecule has 52 heavy (non-hydrogen) atoms. The summed E-state index contributed by atoms with van der Waals surface area (Å²) < 4.78 is 6.92. The highest BCUT2D eigenvalue weighted by Crippen LogP contribution is 2.47. The molecule has 5 aromatic carbocycles. The van der Waals surface area contributed by atoms with Crippen molar-refractivity contribution >= 4 is 38.8 Å². The summed E-state index contributed by atoms with van der Waals surface area (Å²) in [6, 6.07) is 38.1.